The van der Waals surface area contributed by atoms with Gasteiger partial charge in [0.2, 0.25) is 0 Å². The van der Waals surface area contributed by atoms with E-state index in [1.54, 1.807) is 48.7 Å². The van der Waals surface area contributed by atoms with Crippen LogP contribution in [0.1, 0.15) is 79.6 Å². The Morgan fingerprint density at radius 1 is 0.767 bits per heavy atom. The van der Waals surface area contributed by atoms with Crippen molar-refractivity contribution < 1.29 is 28.7 Å². The number of ether oxygens (including phenoxy) is 2. The van der Waals surface area contributed by atoms with E-state index in [0.29, 0.717) is 43.0 Å². The summed E-state index contributed by atoms with van der Waals surface area (Å²) < 4.78 is 12.9. The van der Waals surface area contributed by atoms with Gasteiger partial charge in [0.05, 0.1) is 42.6 Å². The van der Waals surface area contributed by atoms with E-state index in [1.807, 2.05) is 50.2 Å². The maximum Gasteiger partial charge on any atom is 0.341 e. The molecular formula is C31H38N6O6. The van der Waals surface area contributed by atoms with Crippen LogP contribution in [-0.4, -0.2) is 66.8 Å². The van der Waals surface area contributed by atoms with Crippen molar-refractivity contribution in [2.75, 3.05) is 13.2 Å². The van der Waals surface area contributed by atoms with Crippen molar-refractivity contribution in [3.8, 4) is 11.6 Å². The van der Waals surface area contributed by atoms with Crippen LogP contribution < -0.4 is 0 Å². The fourth-order valence-electron chi connectivity index (χ4n) is 3.78. The number of aromatic nitrogens is 6. The highest BCUT2D eigenvalue weighted by Crippen LogP contribution is 2.15. The second-order valence-corrected chi connectivity index (χ2v) is 8.67. The lowest BCUT2D eigenvalue weighted by Gasteiger charge is -2.06. The molecule has 0 fully saturated rings. The molecule has 0 aliphatic heterocycles. The molecule has 4 aromatic rings. The molecule has 228 valence electrons. The summed E-state index contributed by atoms with van der Waals surface area (Å²) in [7, 11) is 0. The molecule has 43 heavy (non-hydrogen) atoms. The Hall–Kier alpha value is -5.00. The normalized spacial score (nSPS) is 9.98. The molecule has 4 heterocycles. The number of carbonyl (C=O) groups excluding carboxylic acids is 4. The number of esters is 2. The first-order chi connectivity index (χ1) is 20.8. The molecule has 0 spiro atoms. The minimum atomic E-state index is -0.422. The minimum Gasteiger partial charge on any atom is -0.466 e. The van der Waals surface area contributed by atoms with Gasteiger partial charge in [0.1, 0.15) is 17.8 Å². The van der Waals surface area contributed by atoms with E-state index in [9.17, 15) is 19.2 Å². The van der Waals surface area contributed by atoms with Crippen LogP contribution in [0.4, 0.5) is 0 Å². The standard InChI is InChI=1S/C13H15N3O2.C11H11N3O.C7H12O3/c1-3-11-10(13(17)18-4-2)9-15-16(11)12-7-5-6-8-14-12;1-2-10-9(8-15)7-13-14(10)11-5-3-4-6-12-11;1-3-6(8)5-7(9)10-4-2/h5-9H,3-4H2,1-2H3;3-8H,2H2,1H3;3-5H2,1-2H3. The third-order valence-electron chi connectivity index (χ3n) is 5.84. The molecule has 0 bridgehead atoms. The van der Waals surface area contributed by atoms with Gasteiger partial charge in [-0.15, -0.1) is 0 Å². The topological polar surface area (TPSA) is 148 Å². The Balaban J connectivity index is 0.000000235. The highest BCUT2D eigenvalue weighted by molar-refractivity contribution is 5.95. The summed E-state index contributed by atoms with van der Waals surface area (Å²) >= 11 is 0. The van der Waals surface area contributed by atoms with Gasteiger partial charge >= 0.3 is 11.9 Å². The molecule has 12 nitrogen and oxygen atoms in total. The second kappa shape index (κ2) is 18.4. The maximum atomic E-state index is 11.8. The van der Waals surface area contributed by atoms with Gasteiger partial charge < -0.3 is 9.47 Å². The summed E-state index contributed by atoms with van der Waals surface area (Å²) in [6.45, 7) is 9.89. The van der Waals surface area contributed by atoms with E-state index in [2.05, 4.69) is 24.9 Å². The van der Waals surface area contributed by atoms with Crippen LogP contribution in [0.15, 0.2) is 61.2 Å². The Morgan fingerprint density at radius 2 is 1.33 bits per heavy atom. The third kappa shape index (κ3) is 10.1. The van der Waals surface area contributed by atoms with Crippen molar-refractivity contribution in [3.63, 3.8) is 0 Å². The SMILES string of the molecule is CCOC(=O)CC(=O)CC.CCOC(=O)c1cnn(-c2ccccn2)c1CC.CCc1c(C=O)cnn1-c1ccccn1. The Labute approximate surface area is 251 Å². The maximum absolute atomic E-state index is 11.8. The summed E-state index contributed by atoms with van der Waals surface area (Å²) in [5.74, 6) is 0.608. The number of hydrogen-bond acceptors (Lipinski definition) is 10. The molecule has 0 aliphatic carbocycles. The summed E-state index contributed by atoms with van der Waals surface area (Å²) in [6, 6.07) is 11.2. The first-order valence-electron chi connectivity index (χ1n) is 14.1. The third-order valence-corrected chi connectivity index (χ3v) is 5.84. The number of pyridine rings is 2. The van der Waals surface area contributed by atoms with E-state index >= 15 is 0 Å². The van der Waals surface area contributed by atoms with Gasteiger partial charge in [-0.3, -0.25) is 14.4 Å². The fraction of sp³-hybridized carbons (Fsp3) is 0.355. The molecule has 0 saturated carbocycles. The molecule has 0 radical (unpaired) electrons. The van der Waals surface area contributed by atoms with E-state index in [-0.39, 0.29) is 18.2 Å². The molecule has 12 heteroatoms. The molecule has 0 saturated heterocycles. The van der Waals surface area contributed by atoms with Crippen molar-refractivity contribution in [1.29, 1.82) is 0 Å². The summed E-state index contributed by atoms with van der Waals surface area (Å²) in [4.78, 5) is 52.1. The van der Waals surface area contributed by atoms with Crippen molar-refractivity contribution >= 4 is 24.0 Å². The van der Waals surface area contributed by atoms with Crippen molar-refractivity contribution in [2.24, 2.45) is 0 Å². The number of ketones is 1. The van der Waals surface area contributed by atoms with Crippen molar-refractivity contribution in [1.82, 2.24) is 29.5 Å². The van der Waals surface area contributed by atoms with Crippen LogP contribution >= 0.6 is 0 Å². The van der Waals surface area contributed by atoms with Gasteiger partial charge in [-0.05, 0) is 51.0 Å². The monoisotopic (exact) mass is 590 g/mol. The molecule has 0 amide bonds. The van der Waals surface area contributed by atoms with Crippen LogP contribution in [0.25, 0.3) is 11.6 Å². The lowest BCUT2D eigenvalue weighted by molar-refractivity contribution is -0.145. The number of rotatable bonds is 11. The molecule has 0 aromatic carbocycles. The van der Waals surface area contributed by atoms with Gasteiger partial charge in [-0.1, -0.05) is 32.9 Å². The van der Waals surface area contributed by atoms with E-state index < -0.39 is 5.97 Å². The molecule has 0 N–H and O–H groups in total. The lowest BCUT2D eigenvalue weighted by atomic mass is 10.2. The highest BCUT2D eigenvalue weighted by atomic mass is 16.5. The van der Waals surface area contributed by atoms with Crippen LogP contribution in [0.3, 0.4) is 0 Å². The summed E-state index contributed by atoms with van der Waals surface area (Å²) in [5, 5.41) is 8.36. The van der Waals surface area contributed by atoms with Crippen LogP contribution in [0, 0.1) is 0 Å². The van der Waals surface area contributed by atoms with E-state index in [0.717, 1.165) is 29.9 Å². The Morgan fingerprint density at radius 3 is 1.79 bits per heavy atom. The largest absolute Gasteiger partial charge is 0.466 e. The second-order valence-electron chi connectivity index (χ2n) is 8.67. The zero-order valence-electron chi connectivity index (χ0n) is 25.2. The van der Waals surface area contributed by atoms with E-state index in [1.165, 1.54) is 6.20 Å². The number of hydrogen-bond donors (Lipinski definition) is 0. The minimum absolute atomic E-state index is 0.0709. The first kappa shape index (κ1) is 34.2. The molecule has 4 aromatic heterocycles. The number of carbonyl (C=O) groups is 4. The zero-order valence-corrected chi connectivity index (χ0v) is 25.2. The van der Waals surface area contributed by atoms with Gasteiger partial charge in [0.25, 0.3) is 0 Å². The Bertz CT molecular complexity index is 1450. The fourth-order valence-corrected chi connectivity index (χ4v) is 3.78. The molecular weight excluding hydrogens is 552 g/mol. The molecule has 4 rings (SSSR count). The smallest absolute Gasteiger partial charge is 0.341 e. The van der Waals surface area contributed by atoms with Crippen LogP contribution in [0.2, 0.25) is 0 Å². The summed E-state index contributed by atoms with van der Waals surface area (Å²) in [5.41, 5.74) is 2.84. The number of Topliss-reactive ketones (excluding diaryl/α,β-unsaturated/α-hetero) is 1. The number of nitrogens with zero attached hydrogens (tertiary/aromatic N) is 6. The highest BCUT2D eigenvalue weighted by Gasteiger charge is 2.18. The molecule has 0 unspecified atom stereocenters. The predicted octanol–water partition coefficient (Wildman–Crippen LogP) is 4.57. The average molecular weight is 591 g/mol. The van der Waals surface area contributed by atoms with Gasteiger partial charge in [-0.2, -0.15) is 10.2 Å². The lowest BCUT2D eigenvalue weighted by Crippen LogP contribution is -2.09. The van der Waals surface area contributed by atoms with Crippen LogP contribution in [0.5, 0.6) is 0 Å². The average Bonchev–Trinajstić information content (AvgIpc) is 3.67. The molecule has 0 aliphatic rings. The number of aldehydes is 1. The van der Waals surface area contributed by atoms with Gasteiger partial charge in [0.15, 0.2) is 17.9 Å². The van der Waals surface area contributed by atoms with Crippen LogP contribution in [-0.2, 0) is 31.9 Å². The van der Waals surface area contributed by atoms with Gasteiger partial charge in [0, 0.05) is 18.8 Å². The van der Waals surface area contributed by atoms with Gasteiger partial charge in [-0.25, -0.2) is 24.1 Å². The summed E-state index contributed by atoms with van der Waals surface area (Å²) in [6.07, 6.45) is 9.09. The van der Waals surface area contributed by atoms with Crippen molar-refractivity contribution in [3.05, 3.63) is 83.7 Å². The van der Waals surface area contributed by atoms with E-state index in [4.69, 9.17) is 4.74 Å². The molecule has 0 atom stereocenters. The predicted molar refractivity (Wildman–Crippen MR) is 159 cm³/mol. The quantitative estimate of drug-likeness (QED) is 0.138. The zero-order chi connectivity index (χ0) is 31.6. The first-order valence-corrected chi connectivity index (χ1v) is 14.1. The Kier molecular flexibility index (Phi) is 14.7. The van der Waals surface area contributed by atoms with Crippen molar-refractivity contribution in [2.45, 2.75) is 60.3 Å².